The number of hydrogen-bond acceptors (Lipinski definition) is 2. The van der Waals surface area contributed by atoms with Gasteiger partial charge in [0.25, 0.3) is 0 Å². The second kappa shape index (κ2) is 8.11. The van der Waals surface area contributed by atoms with Crippen molar-refractivity contribution in [2.75, 3.05) is 26.8 Å². The molecule has 0 bridgehead atoms. The van der Waals surface area contributed by atoms with E-state index < -0.39 is 0 Å². The molecule has 1 atom stereocenters. The first-order valence-electron chi connectivity index (χ1n) is 6.65. The molecule has 0 amide bonds. The standard InChI is InChI=1S/C15H23Cl2NO/c1-4-15(2,11-18-8-9-19-3)10-12-6-5-7-13(16)14(12)17/h5-7,18H,4,8-11H2,1-3H3. The zero-order valence-corrected chi connectivity index (χ0v) is 13.4. The maximum absolute atomic E-state index is 6.27. The third kappa shape index (κ3) is 5.31. The van der Waals surface area contributed by atoms with E-state index in [9.17, 15) is 0 Å². The van der Waals surface area contributed by atoms with Crippen molar-refractivity contribution in [3.05, 3.63) is 33.8 Å². The van der Waals surface area contributed by atoms with Crippen LogP contribution in [0.2, 0.25) is 10.0 Å². The molecule has 0 aliphatic carbocycles. The number of methoxy groups -OCH3 is 1. The third-order valence-corrected chi connectivity index (χ3v) is 4.40. The Kier molecular flexibility index (Phi) is 7.16. The topological polar surface area (TPSA) is 21.3 Å². The maximum atomic E-state index is 6.27. The molecule has 1 rings (SSSR count). The first kappa shape index (κ1) is 16.8. The van der Waals surface area contributed by atoms with Crippen LogP contribution < -0.4 is 5.32 Å². The van der Waals surface area contributed by atoms with Gasteiger partial charge in [-0.1, -0.05) is 49.2 Å². The highest BCUT2D eigenvalue weighted by atomic mass is 35.5. The van der Waals surface area contributed by atoms with Crippen LogP contribution in [0, 0.1) is 5.41 Å². The van der Waals surface area contributed by atoms with E-state index in [-0.39, 0.29) is 5.41 Å². The SMILES string of the molecule is CCC(C)(CNCCOC)Cc1cccc(Cl)c1Cl. The van der Waals surface area contributed by atoms with Crippen LogP contribution in [0.15, 0.2) is 18.2 Å². The second-order valence-electron chi connectivity index (χ2n) is 5.22. The van der Waals surface area contributed by atoms with E-state index >= 15 is 0 Å². The highest BCUT2D eigenvalue weighted by Gasteiger charge is 2.23. The number of halogens is 2. The summed E-state index contributed by atoms with van der Waals surface area (Å²) in [6, 6.07) is 5.84. The van der Waals surface area contributed by atoms with Gasteiger partial charge in [-0.15, -0.1) is 0 Å². The number of nitrogens with one attached hydrogen (secondary N) is 1. The van der Waals surface area contributed by atoms with Crippen LogP contribution in [0.5, 0.6) is 0 Å². The average molecular weight is 304 g/mol. The monoisotopic (exact) mass is 303 g/mol. The van der Waals surface area contributed by atoms with Gasteiger partial charge in [0.1, 0.15) is 0 Å². The molecule has 0 heterocycles. The number of ether oxygens (including phenoxy) is 1. The van der Waals surface area contributed by atoms with E-state index in [1.807, 2.05) is 12.1 Å². The fourth-order valence-corrected chi connectivity index (χ4v) is 2.41. The first-order chi connectivity index (χ1) is 9.02. The van der Waals surface area contributed by atoms with Gasteiger partial charge in [0.2, 0.25) is 0 Å². The average Bonchev–Trinajstić information content (AvgIpc) is 2.40. The van der Waals surface area contributed by atoms with Crippen LogP contribution in [0.1, 0.15) is 25.8 Å². The van der Waals surface area contributed by atoms with Crippen molar-refractivity contribution in [2.45, 2.75) is 26.7 Å². The van der Waals surface area contributed by atoms with Crippen LogP contribution in [-0.2, 0) is 11.2 Å². The van der Waals surface area contributed by atoms with Crippen molar-refractivity contribution in [2.24, 2.45) is 5.41 Å². The molecule has 4 heteroatoms. The third-order valence-electron chi connectivity index (χ3n) is 3.54. The van der Waals surface area contributed by atoms with Gasteiger partial charge >= 0.3 is 0 Å². The predicted molar refractivity (Wildman–Crippen MR) is 83.3 cm³/mol. The van der Waals surface area contributed by atoms with Gasteiger partial charge in [0.15, 0.2) is 0 Å². The molecule has 0 spiro atoms. The highest BCUT2D eigenvalue weighted by molar-refractivity contribution is 6.42. The van der Waals surface area contributed by atoms with E-state index in [2.05, 4.69) is 25.2 Å². The zero-order chi connectivity index (χ0) is 14.3. The molecule has 0 fully saturated rings. The summed E-state index contributed by atoms with van der Waals surface area (Å²) in [4.78, 5) is 0. The summed E-state index contributed by atoms with van der Waals surface area (Å²) in [5.41, 5.74) is 1.29. The Bertz CT molecular complexity index is 398. The summed E-state index contributed by atoms with van der Waals surface area (Å²) in [7, 11) is 1.71. The van der Waals surface area contributed by atoms with E-state index in [4.69, 9.17) is 27.9 Å². The summed E-state index contributed by atoms with van der Waals surface area (Å²) < 4.78 is 5.04. The van der Waals surface area contributed by atoms with Crippen molar-refractivity contribution in [1.82, 2.24) is 5.32 Å². The van der Waals surface area contributed by atoms with Gasteiger partial charge in [0, 0.05) is 20.2 Å². The molecule has 1 unspecified atom stereocenters. The summed E-state index contributed by atoms with van der Waals surface area (Å²) in [5, 5.41) is 4.74. The van der Waals surface area contributed by atoms with E-state index in [1.54, 1.807) is 7.11 Å². The summed E-state index contributed by atoms with van der Waals surface area (Å²) in [6.45, 7) is 7.02. The summed E-state index contributed by atoms with van der Waals surface area (Å²) in [6.07, 6.45) is 2.00. The van der Waals surface area contributed by atoms with Gasteiger partial charge in [0.05, 0.1) is 16.7 Å². The Labute approximate surface area is 126 Å². The van der Waals surface area contributed by atoms with E-state index in [0.29, 0.717) is 10.0 Å². The molecule has 0 radical (unpaired) electrons. The summed E-state index contributed by atoms with van der Waals surface area (Å²) in [5.74, 6) is 0. The van der Waals surface area contributed by atoms with Crippen molar-refractivity contribution in [3.63, 3.8) is 0 Å². The molecule has 0 aliphatic rings. The van der Waals surface area contributed by atoms with Crippen LogP contribution in [-0.4, -0.2) is 26.8 Å². The Morgan fingerprint density at radius 3 is 2.68 bits per heavy atom. The summed E-state index contributed by atoms with van der Waals surface area (Å²) >= 11 is 12.3. The number of benzene rings is 1. The lowest BCUT2D eigenvalue weighted by Crippen LogP contribution is -2.35. The largest absolute Gasteiger partial charge is 0.383 e. The highest BCUT2D eigenvalue weighted by Crippen LogP contribution is 2.32. The molecule has 0 saturated heterocycles. The number of rotatable bonds is 8. The molecule has 0 aliphatic heterocycles. The first-order valence-corrected chi connectivity index (χ1v) is 7.40. The Morgan fingerprint density at radius 2 is 2.05 bits per heavy atom. The zero-order valence-electron chi connectivity index (χ0n) is 11.9. The molecular weight excluding hydrogens is 281 g/mol. The molecule has 1 N–H and O–H groups in total. The Balaban J connectivity index is 2.66. The van der Waals surface area contributed by atoms with Crippen LogP contribution in [0.25, 0.3) is 0 Å². The minimum atomic E-state index is 0.169. The van der Waals surface area contributed by atoms with Crippen LogP contribution in [0.3, 0.4) is 0 Å². The molecule has 1 aromatic rings. The molecule has 0 saturated carbocycles. The van der Waals surface area contributed by atoms with Crippen LogP contribution in [0.4, 0.5) is 0 Å². The lowest BCUT2D eigenvalue weighted by molar-refractivity contribution is 0.191. The maximum Gasteiger partial charge on any atom is 0.0624 e. The van der Waals surface area contributed by atoms with Gasteiger partial charge in [-0.25, -0.2) is 0 Å². The Morgan fingerprint density at radius 1 is 1.32 bits per heavy atom. The lowest BCUT2D eigenvalue weighted by atomic mass is 9.81. The van der Waals surface area contributed by atoms with Gasteiger partial charge in [-0.2, -0.15) is 0 Å². The van der Waals surface area contributed by atoms with E-state index in [0.717, 1.165) is 38.1 Å². The van der Waals surface area contributed by atoms with Gasteiger partial charge in [-0.3, -0.25) is 0 Å². The Hall–Kier alpha value is -0.280. The quantitative estimate of drug-likeness (QED) is 0.727. The molecule has 108 valence electrons. The van der Waals surface area contributed by atoms with E-state index in [1.165, 1.54) is 0 Å². The minimum absolute atomic E-state index is 0.169. The van der Waals surface area contributed by atoms with Gasteiger partial charge in [-0.05, 0) is 29.9 Å². The van der Waals surface area contributed by atoms with Crippen molar-refractivity contribution in [3.8, 4) is 0 Å². The normalized spacial score (nSPS) is 14.4. The fourth-order valence-electron chi connectivity index (χ4n) is 2.02. The van der Waals surface area contributed by atoms with Crippen molar-refractivity contribution < 1.29 is 4.74 Å². The molecule has 0 aromatic heterocycles. The molecule has 19 heavy (non-hydrogen) atoms. The molecule has 1 aromatic carbocycles. The van der Waals surface area contributed by atoms with Crippen molar-refractivity contribution in [1.29, 1.82) is 0 Å². The molecular formula is C15H23Cl2NO. The smallest absolute Gasteiger partial charge is 0.0624 e. The number of hydrogen-bond donors (Lipinski definition) is 1. The molecule has 2 nitrogen and oxygen atoms in total. The van der Waals surface area contributed by atoms with Crippen LogP contribution >= 0.6 is 23.2 Å². The second-order valence-corrected chi connectivity index (χ2v) is 6.01. The van der Waals surface area contributed by atoms with Gasteiger partial charge < -0.3 is 10.1 Å². The minimum Gasteiger partial charge on any atom is -0.383 e. The lowest BCUT2D eigenvalue weighted by Gasteiger charge is -2.29. The predicted octanol–water partition coefficient (Wildman–Crippen LogP) is 4.19. The fraction of sp³-hybridized carbons (Fsp3) is 0.600. The van der Waals surface area contributed by atoms with Crippen molar-refractivity contribution >= 4 is 23.2 Å².